The zero-order valence-corrected chi connectivity index (χ0v) is 11.5. The molecular formula is C13H11BrOS. The molecule has 0 aliphatic rings. The number of thiophene rings is 1. The van der Waals surface area contributed by atoms with E-state index in [0.29, 0.717) is 0 Å². The molecule has 0 aliphatic heterocycles. The van der Waals surface area contributed by atoms with Gasteiger partial charge in [-0.05, 0) is 52.4 Å². The van der Waals surface area contributed by atoms with Gasteiger partial charge in [-0.15, -0.1) is 11.3 Å². The standard InChI is InChI=1S/C13H11BrOS/c1-8-4-3-5-9(2)11(8)12(15)13-10(14)6-7-16-13/h3-7H,1-2H3. The van der Waals surface area contributed by atoms with Crippen LogP contribution in [0.5, 0.6) is 0 Å². The summed E-state index contributed by atoms with van der Waals surface area (Å²) < 4.78 is 0.880. The Bertz CT molecular complexity index is 522. The second-order valence-electron chi connectivity index (χ2n) is 3.69. The van der Waals surface area contributed by atoms with Crippen LogP contribution in [0.4, 0.5) is 0 Å². The van der Waals surface area contributed by atoms with Crippen molar-refractivity contribution in [1.82, 2.24) is 0 Å². The smallest absolute Gasteiger partial charge is 0.204 e. The Morgan fingerprint density at radius 1 is 1.19 bits per heavy atom. The van der Waals surface area contributed by atoms with E-state index in [0.717, 1.165) is 26.0 Å². The van der Waals surface area contributed by atoms with Crippen LogP contribution in [0, 0.1) is 13.8 Å². The Balaban J connectivity index is 2.54. The molecule has 0 radical (unpaired) electrons. The molecule has 0 N–H and O–H groups in total. The molecule has 0 unspecified atom stereocenters. The maximum Gasteiger partial charge on any atom is 0.204 e. The molecule has 1 aromatic carbocycles. The number of hydrogen-bond donors (Lipinski definition) is 0. The van der Waals surface area contributed by atoms with Gasteiger partial charge >= 0.3 is 0 Å². The highest BCUT2D eigenvalue weighted by Crippen LogP contribution is 2.27. The highest BCUT2D eigenvalue weighted by molar-refractivity contribution is 9.10. The van der Waals surface area contributed by atoms with Gasteiger partial charge in [0.05, 0.1) is 4.88 Å². The van der Waals surface area contributed by atoms with Crippen LogP contribution in [0.1, 0.15) is 26.4 Å². The first-order valence-electron chi connectivity index (χ1n) is 4.95. The zero-order valence-electron chi connectivity index (χ0n) is 9.08. The van der Waals surface area contributed by atoms with Crippen molar-refractivity contribution >= 4 is 33.0 Å². The number of ketones is 1. The molecular weight excluding hydrogens is 284 g/mol. The Labute approximate surface area is 107 Å². The quantitative estimate of drug-likeness (QED) is 0.752. The molecule has 0 saturated carbocycles. The number of halogens is 1. The summed E-state index contributed by atoms with van der Waals surface area (Å²) in [5.74, 6) is 0.109. The summed E-state index contributed by atoms with van der Waals surface area (Å²) in [6, 6.07) is 7.83. The van der Waals surface area contributed by atoms with Gasteiger partial charge in [-0.2, -0.15) is 0 Å². The predicted octanol–water partition coefficient (Wildman–Crippen LogP) is 4.36. The van der Waals surface area contributed by atoms with Gasteiger partial charge in [-0.1, -0.05) is 18.2 Å². The minimum absolute atomic E-state index is 0.109. The molecule has 2 aromatic rings. The van der Waals surface area contributed by atoms with Crippen molar-refractivity contribution < 1.29 is 4.79 Å². The van der Waals surface area contributed by atoms with E-state index in [-0.39, 0.29) is 5.78 Å². The first-order valence-corrected chi connectivity index (χ1v) is 6.62. The highest BCUT2D eigenvalue weighted by atomic mass is 79.9. The Kier molecular flexibility index (Phi) is 3.26. The largest absolute Gasteiger partial charge is 0.288 e. The molecule has 3 heteroatoms. The summed E-state index contributed by atoms with van der Waals surface area (Å²) in [6.45, 7) is 3.95. The monoisotopic (exact) mass is 294 g/mol. The van der Waals surface area contributed by atoms with Crippen LogP contribution in [0.25, 0.3) is 0 Å². The second kappa shape index (κ2) is 4.52. The van der Waals surface area contributed by atoms with Gasteiger partial charge in [0.1, 0.15) is 0 Å². The SMILES string of the molecule is Cc1cccc(C)c1C(=O)c1sccc1Br. The van der Waals surface area contributed by atoms with Crippen LogP contribution in [0.3, 0.4) is 0 Å². The van der Waals surface area contributed by atoms with Crippen LogP contribution in [-0.2, 0) is 0 Å². The molecule has 0 saturated heterocycles. The van der Waals surface area contributed by atoms with E-state index in [2.05, 4.69) is 15.9 Å². The fourth-order valence-corrected chi connectivity index (χ4v) is 3.24. The summed E-state index contributed by atoms with van der Waals surface area (Å²) >= 11 is 4.88. The van der Waals surface area contributed by atoms with Gasteiger partial charge in [0.25, 0.3) is 0 Å². The highest BCUT2D eigenvalue weighted by Gasteiger charge is 2.17. The van der Waals surface area contributed by atoms with E-state index in [1.54, 1.807) is 0 Å². The Morgan fingerprint density at radius 2 is 1.81 bits per heavy atom. The van der Waals surface area contributed by atoms with Crippen LogP contribution in [-0.4, -0.2) is 5.78 Å². The van der Waals surface area contributed by atoms with E-state index in [1.807, 2.05) is 43.5 Å². The van der Waals surface area contributed by atoms with Gasteiger partial charge in [-0.3, -0.25) is 4.79 Å². The van der Waals surface area contributed by atoms with E-state index in [9.17, 15) is 4.79 Å². The fraction of sp³-hybridized carbons (Fsp3) is 0.154. The van der Waals surface area contributed by atoms with Crippen molar-refractivity contribution in [3.63, 3.8) is 0 Å². The Morgan fingerprint density at radius 3 is 2.31 bits per heavy atom. The van der Waals surface area contributed by atoms with Crippen molar-refractivity contribution in [1.29, 1.82) is 0 Å². The summed E-state index contributed by atoms with van der Waals surface area (Å²) in [6.07, 6.45) is 0. The Hall–Kier alpha value is -0.930. The molecule has 0 atom stereocenters. The van der Waals surface area contributed by atoms with Crippen LogP contribution < -0.4 is 0 Å². The number of carbonyl (C=O) groups is 1. The first-order chi connectivity index (χ1) is 7.61. The minimum Gasteiger partial charge on any atom is -0.288 e. The minimum atomic E-state index is 0.109. The first kappa shape index (κ1) is 11.6. The molecule has 0 amide bonds. The second-order valence-corrected chi connectivity index (χ2v) is 5.46. The van der Waals surface area contributed by atoms with E-state index >= 15 is 0 Å². The molecule has 82 valence electrons. The summed E-state index contributed by atoms with van der Waals surface area (Å²) in [5, 5.41) is 1.92. The molecule has 1 heterocycles. The molecule has 1 nitrogen and oxygen atoms in total. The molecule has 16 heavy (non-hydrogen) atoms. The number of hydrogen-bond acceptors (Lipinski definition) is 2. The van der Waals surface area contributed by atoms with Crippen LogP contribution >= 0.6 is 27.3 Å². The van der Waals surface area contributed by atoms with Gasteiger partial charge in [-0.25, -0.2) is 0 Å². The molecule has 0 fully saturated rings. The van der Waals surface area contributed by atoms with Crippen LogP contribution in [0.2, 0.25) is 0 Å². The van der Waals surface area contributed by atoms with E-state index < -0.39 is 0 Å². The maximum absolute atomic E-state index is 12.4. The number of aryl methyl sites for hydroxylation is 2. The van der Waals surface area contributed by atoms with Crippen molar-refractivity contribution in [3.8, 4) is 0 Å². The summed E-state index contributed by atoms with van der Waals surface area (Å²) in [5.41, 5.74) is 2.89. The van der Waals surface area contributed by atoms with Crippen molar-refractivity contribution in [2.75, 3.05) is 0 Å². The van der Waals surface area contributed by atoms with Crippen molar-refractivity contribution in [2.45, 2.75) is 13.8 Å². The number of carbonyl (C=O) groups excluding carboxylic acids is 1. The van der Waals surface area contributed by atoms with Gasteiger partial charge in [0.15, 0.2) is 0 Å². The maximum atomic E-state index is 12.4. The number of rotatable bonds is 2. The molecule has 2 rings (SSSR count). The van der Waals surface area contributed by atoms with Gasteiger partial charge < -0.3 is 0 Å². The van der Waals surface area contributed by atoms with Gasteiger partial charge in [0, 0.05) is 10.0 Å². The normalized spacial score (nSPS) is 10.4. The molecule has 0 spiro atoms. The van der Waals surface area contributed by atoms with E-state index in [1.165, 1.54) is 11.3 Å². The lowest BCUT2D eigenvalue weighted by Gasteiger charge is -2.07. The molecule has 0 bridgehead atoms. The summed E-state index contributed by atoms with van der Waals surface area (Å²) in [7, 11) is 0. The van der Waals surface area contributed by atoms with Crippen LogP contribution in [0.15, 0.2) is 34.1 Å². The molecule has 1 aromatic heterocycles. The van der Waals surface area contributed by atoms with Crippen molar-refractivity contribution in [3.05, 3.63) is 55.7 Å². The third kappa shape index (κ3) is 1.97. The van der Waals surface area contributed by atoms with E-state index in [4.69, 9.17) is 0 Å². The average molecular weight is 295 g/mol. The zero-order chi connectivity index (χ0) is 11.7. The fourth-order valence-electron chi connectivity index (χ4n) is 1.74. The lowest BCUT2D eigenvalue weighted by Crippen LogP contribution is -2.04. The topological polar surface area (TPSA) is 17.1 Å². The third-order valence-electron chi connectivity index (χ3n) is 2.53. The average Bonchev–Trinajstić information content (AvgIpc) is 2.64. The molecule has 0 aliphatic carbocycles. The lowest BCUT2D eigenvalue weighted by atomic mass is 9.98. The summed E-state index contributed by atoms with van der Waals surface area (Å²) in [4.78, 5) is 13.1. The lowest BCUT2D eigenvalue weighted by molar-refractivity contribution is 0.104. The van der Waals surface area contributed by atoms with Crippen molar-refractivity contribution in [2.24, 2.45) is 0 Å². The predicted molar refractivity (Wildman–Crippen MR) is 71.4 cm³/mol. The number of benzene rings is 1. The third-order valence-corrected chi connectivity index (χ3v) is 4.37. The van der Waals surface area contributed by atoms with Gasteiger partial charge in [0.2, 0.25) is 5.78 Å².